The number of hydrogen-bond donors (Lipinski definition) is 0. The topological polar surface area (TPSA) is 21.3 Å². The molecule has 0 unspecified atom stereocenters. The Bertz CT molecular complexity index is 3600. The normalized spacial score (nSPS) is 20.1. The SMILES string of the molecule is c1ccc([Si](c2ccccc2)(c2ccccc2)c2ccc3c4ccccc4n(-c4ccc5oc6ccc(N7c8ccccc8C8(c9ccccc97)C7C[C@H]9C[C@@H](C7)C[C@@H]8C9)cc6c5c4)c3c2)cc1. The van der Waals surface area contributed by atoms with Gasteiger partial charge in [-0.05, 0) is 148 Å². The Labute approximate surface area is 397 Å². The summed E-state index contributed by atoms with van der Waals surface area (Å²) in [4.78, 5) is 2.57. The van der Waals surface area contributed by atoms with E-state index in [-0.39, 0.29) is 5.41 Å². The zero-order valence-corrected chi connectivity index (χ0v) is 38.9. The Morgan fingerprint density at radius 2 is 0.868 bits per heavy atom. The van der Waals surface area contributed by atoms with E-state index in [1.165, 1.54) is 103 Å². The molecule has 3 heterocycles. The van der Waals surface area contributed by atoms with Crippen LogP contribution in [0.2, 0.25) is 0 Å². The molecule has 0 atom stereocenters. The van der Waals surface area contributed by atoms with E-state index in [4.69, 9.17) is 4.42 Å². The fourth-order valence-corrected chi connectivity index (χ4v) is 19.7. The molecular formula is C64H50N2OSi. The number of nitrogens with zero attached hydrogens (tertiary/aromatic N) is 2. The van der Waals surface area contributed by atoms with Gasteiger partial charge in [-0.25, -0.2) is 0 Å². The van der Waals surface area contributed by atoms with Gasteiger partial charge in [-0.1, -0.05) is 158 Å². The molecule has 68 heavy (non-hydrogen) atoms. The number of fused-ring (bicyclic) bond motifs is 8. The molecule has 1 spiro atoms. The molecule has 16 rings (SSSR count). The lowest BCUT2D eigenvalue weighted by Crippen LogP contribution is -2.74. The number of anilines is 3. The Balaban J connectivity index is 0.924. The first-order valence-electron chi connectivity index (χ1n) is 24.8. The standard InChI is InChI=1S/C64H50N2OSi/c1-4-16-48(17-5-1)68(49-18-6-2-7-19-49,50-20-8-3-9-21-50)51-30-31-53-52-22-10-13-25-58(52)65(61(53)41-51)46-28-32-62-54(39-46)55-40-47(29-33-63(55)67-62)66-59-26-14-11-23-56(59)64(57-24-12-15-27-60(57)66)44-35-42-34-43(37-44)38-45(64)36-42/h1-33,39-45H,34-38H2/t42-,43+,44-,45?. The molecule has 0 amide bonds. The third-order valence-corrected chi connectivity index (χ3v) is 22.1. The summed E-state index contributed by atoms with van der Waals surface area (Å²) in [5.41, 5.74) is 12.3. The van der Waals surface area contributed by atoms with Gasteiger partial charge in [-0.3, -0.25) is 0 Å². The summed E-state index contributed by atoms with van der Waals surface area (Å²) in [7, 11) is -2.79. The van der Waals surface area contributed by atoms with Gasteiger partial charge in [0, 0.05) is 38.3 Å². The maximum atomic E-state index is 6.72. The predicted octanol–water partition coefficient (Wildman–Crippen LogP) is 13.6. The van der Waals surface area contributed by atoms with Crippen molar-refractivity contribution in [2.75, 3.05) is 4.90 Å². The molecule has 4 fully saturated rings. The van der Waals surface area contributed by atoms with Crippen LogP contribution in [0.3, 0.4) is 0 Å². The van der Waals surface area contributed by atoms with Crippen LogP contribution < -0.4 is 25.6 Å². The van der Waals surface area contributed by atoms with E-state index in [1.54, 1.807) is 0 Å². The van der Waals surface area contributed by atoms with Gasteiger partial charge in [0.1, 0.15) is 11.2 Å². The van der Waals surface area contributed by atoms with E-state index in [1.807, 2.05) is 0 Å². The van der Waals surface area contributed by atoms with Crippen LogP contribution in [-0.4, -0.2) is 12.6 Å². The average Bonchev–Trinajstić information content (AvgIpc) is 3.93. The maximum absolute atomic E-state index is 6.72. The van der Waals surface area contributed by atoms with Crippen LogP contribution in [0.1, 0.15) is 43.2 Å². The molecule has 326 valence electrons. The second kappa shape index (κ2) is 14.5. The summed E-state index contributed by atoms with van der Waals surface area (Å²) >= 11 is 0. The van der Waals surface area contributed by atoms with E-state index < -0.39 is 8.07 Å². The van der Waals surface area contributed by atoms with Crippen molar-refractivity contribution in [3.8, 4) is 5.69 Å². The highest BCUT2D eigenvalue weighted by Crippen LogP contribution is 2.69. The van der Waals surface area contributed by atoms with Gasteiger partial charge in [0.15, 0.2) is 8.07 Å². The van der Waals surface area contributed by atoms with Gasteiger partial charge < -0.3 is 13.9 Å². The van der Waals surface area contributed by atoms with E-state index >= 15 is 0 Å². The Morgan fingerprint density at radius 1 is 0.382 bits per heavy atom. The van der Waals surface area contributed by atoms with Gasteiger partial charge in [0.2, 0.25) is 0 Å². The number of hydrogen-bond acceptors (Lipinski definition) is 2. The van der Waals surface area contributed by atoms with Crippen molar-refractivity contribution in [1.29, 1.82) is 0 Å². The highest BCUT2D eigenvalue weighted by molar-refractivity contribution is 7.20. The van der Waals surface area contributed by atoms with E-state index in [9.17, 15) is 0 Å². The molecule has 0 saturated heterocycles. The van der Waals surface area contributed by atoms with Crippen molar-refractivity contribution < 1.29 is 4.42 Å². The van der Waals surface area contributed by atoms with Gasteiger partial charge >= 0.3 is 0 Å². The molecule has 5 aliphatic rings. The minimum Gasteiger partial charge on any atom is -0.456 e. The van der Waals surface area contributed by atoms with Crippen molar-refractivity contribution in [3.63, 3.8) is 0 Å². The molecule has 2 aromatic heterocycles. The summed E-state index contributed by atoms with van der Waals surface area (Å²) in [6.07, 6.45) is 6.93. The zero-order valence-electron chi connectivity index (χ0n) is 37.9. The minimum atomic E-state index is -2.79. The fourth-order valence-electron chi connectivity index (χ4n) is 15.0. The van der Waals surface area contributed by atoms with E-state index in [2.05, 4.69) is 228 Å². The van der Waals surface area contributed by atoms with Crippen LogP contribution >= 0.6 is 0 Å². The van der Waals surface area contributed by atoms with Crippen molar-refractivity contribution in [1.82, 2.24) is 4.57 Å². The highest BCUT2D eigenvalue weighted by atomic mass is 28.3. The van der Waals surface area contributed by atoms with Gasteiger partial charge in [0.25, 0.3) is 0 Å². The fraction of sp³-hybridized carbons (Fsp3) is 0.156. The lowest BCUT2D eigenvalue weighted by atomic mass is 9.41. The van der Waals surface area contributed by atoms with Crippen molar-refractivity contribution in [2.24, 2.45) is 23.7 Å². The second-order valence-corrected chi connectivity index (χ2v) is 24.2. The molecular weight excluding hydrogens is 841 g/mol. The van der Waals surface area contributed by atoms with E-state index in [0.29, 0.717) is 11.8 Å². The molecule has 0 radical (unpaired) electrons. The van der Waals surface area contributed by atoms with Gasteiger partial charge in [-0.15, -0.1) is 0 Å². The highest BCUT2D eigenvalue weighted by Gasteiger charge is 2.61. The largest absolute Gasteiger partial charge is 0.456 e. The summed E-state index contributed by atoms with van der Waals surface area (Å²) in [6, 6.07) is 82.6. The quantitative estimate of drug-likeness (QED) is 0.123. The Hall–Kier alpha value is -7.40. The summed E-state index contributed by atoms with van der Waals surface area (Å²) < 4.78 is 9.22. The van der Waals surface area contributed by atoms with Crippen molar-refractivity contribution in [3.05, 3.63) is 230 Å². The molecule has 1 aliphatic heterocycles. The lowest BCUT2D eigenvalue weighted by molar-refractivity contribution is -0.0419. The van der Waals surface area contributed by atoms with Crippen LogP contribution in [0.4, 0.5) is 17.1 Å². The Morgan fingerprint density at radius 3 is 1.46 bits per heavy atom. The third-order valence-electron chi connectivity index (χ3n) is 17.3. The first kappa shape index (κ1) is 38.7. The average molecular weight is 891 g/mol. The predicted molar refractivity (Wildman–Crippen MR) is 284 cm³/mol. The molecule has 4 saturated carbocycles. The van der Waals surface area contributed by atoms with Crippen LogP contribution in [0.15, 0.2) is 223 Å². The summed E-state index contributed by atoms with van der Waals surface area (Å²) in [5.74, 6) is 3.21. The Kier molecular flexibility index (Phi) is 8.28. The summed E-state index contributed by atoms with van der Waals surface area (Å²) in [5, 5.41) is 10.2. The summed E-state index contributed by atoms with van der Waals surface area (Å²) in [6.45, 7) is 0. The van der Waals surface area contributed by atoms with Gasteiger partial charge in [0.05, 0.1) is 22.4 Å². The van der Waals surface area contributed by atoms with Crippen LogP contribution in [0.5, 0.6) is 0 Å². The maximum Gasteiger partial charge on any atom is 0.179 e. The molecule has 0 N–H and O–H groups in total. The number of furan rings is 1. The molecule has 4 bridgehead atoms. The van der Waals surface area contributed by atoms with Crippen LogP contribution in [0.25, 0.3) is 49.4 Å². The van der Waals surface area contributed by atoms with Crippen LogP contribution in [-0.2, 0) is 5.41 Å². The monoisotopic (exact) mass is 890 g/mol. The number of benzene rings is 9. The molecule has 4 aliphatic carbocycles. The first-order chi connectivity index (χ1) is 33.7. The molecule has 3 nitrogen and oxygen atoms in total. The molecule has 9 aromatic carbocycles. The number of para-hydroxylation sites is 3. The second-order valence-electron chi connectivity index (χ2n) is 20.4. The minimum absolute atomic E-state index is 0.0755. The molecule has 4 heteroatoms. The number of rotatable bonds is 6. The zero-order chi connectivity index (χ0) is 44.6. The molecule has 11 aromatic rings. The van der Waals surface area contributed by atoms with Crippen molar-refractivity contribution in [2.45, 2.75) is 37.5 Å². The first-order valence-corrected chi connectivity index (χ1v) is 26.8. The van der Waals surface area contributed by atoms with E-state index in [0.717, 1.165) is 39.5 Å². The van der Waals surface area contributed by atoms with Crippen molar-refractivity contribution >= 4 is 89.6 Å². The third kappa shape index (κ3) is 5.24. The van der Waals surface area contributed by atoms with Crippen LogP contribution in [0, 0.1) is 23.7 Å². The smallest absolute Gasteiger partial charge is 0.179 e. The van der Waals surface area contributed by atoms with Gasteiger partial charge in [-0.2, -0.15) is 0 Å². The lowest BCUT2D eigenvalue weighted by Gasteiger charge is -2.64. The number of aromatic nitrogens is 1.